The van der Waals surface area contributed by atoms with Crippen molar-refractivity contribution < 1.29 is 18.7 Å². The molecule has 1 aromatic carbocycles. The fourth-order valence-corrected chi connectivity index (χ4v) is 3.03. The molecule has 0 aliphatic carbocycles. The zero-order chi connectivity index (χ0) is 15.9. The van der Waals surface area contributed by atoms with Crippen molar-refractivity contribution in [1.82, 2.24) is 0 Å². The van der Waals surface area contributed by atoms with Crippen LogP contribution in [0.4, 0.5) is 0 Å². The highest BCUT2D eigenvalue weighted by atomic mass is 28.4. The third kappa shape index (κ3) is 6.14. The minimum atomic E-state index is -1.80. The molecule has 0 saturated heterocycles. The molecule has 0 bridgehead atoms. The first-order valence-corrected chi connectivity index (χ1v) is 10.3. The van der Waals surface area contributed by atoms with Gasteiger partial charge in [0.05, 0.1) is 26.6 Å². The number of ketones is 1. The Morgan fingerprint density at radius 3 is 2.48 bits per heavy atom. The number of methoxy groups -OCH3 is 2. The Morgan fingerprint density at radius 1 is 1.24 bits per heavy atom. The molecule has 5 heteroatoms. The van der Waals surface area contributed by atoms with Crippen molar-refractivity contribution in [2.75, 3.05) is 14.2 Å². The van der Waals surface area contributed by atoms with E-state index in [-0.39, 0.29) is 18.3 Å². The summed E-state index contributed by atoms with van der Waals surface area (Å²) in [4.78, 5) is 12.0. The van der Waals surface area contributed by atoms with Crippen molar-refractivity contribution in [2.45, 2.75) is 32.2 Å². The van der Waals surface area contributed by atoms with E-state index >= 15 is 0 Å². The molecule has 116 valence electrons. The van der Waals surface area contributed by atoms with E-state index in [4.69, 9.17) is 13.9 Å². The van der Waals surface area contributed by atoms with Crippen molar-refractivity contribution in [2.24, 2.45) is 0 Å². The van der Waals surface area contributed by atoms with Crippen LogP contribution in [-0.2, 0) is 14.0 Å². The SMILES string of the molecule is CO/C=C/C(=O)CC(O[Si](C)(C)C)c1ccccc1OC. The molecule has 21 heavy (non-hydrogen) atoms. The highest BCUT2D eigenvalue weighted by Crippen LogP contribution is 2.32. The van der Waals surface area contributed by atoms with Crippen molar-refractivity contribution in [3.05, 3.63) is 42.2 Å². The van der Waals surface area contributed by atoms with E-state index in [2.05, 4.69) is 19.6 Å². The molecule has 0 fully saturated rings. The van der Waals surface area contributed by atoms with Crippen LogP contribution in [0.3, 0.4) is 0 Å². The highest BCUT2D eigenvalue weighted by Gasteiger charge is 2.26. The van der Waals surface area contributed by atoms with Crippen LogP contribution in [0.15, 0.2) is 36.6 Å². The lowest BCUT2D eigenvalue weighted by Gasteiger charge is -2.27. The molecule has 0 N–H and O–H groups in total. The van der Waals surface area contributed by atoms with Crippen LogP contribution in [0, 0.1) is 0 Å². The second-order valence-electron chi connectivity index (χ2n) is 5.67. The van der Waals surface area contributed by atoms with E-state index in [1.807, 2.05) is 24.3 Å². The van der Waals surface area contributed by atoms with Crippen molar-refractivity contribution in [1.29, 1.82) is 0 Å². The van der Waals surface area contributed by atoms with E-state index in [1.165, 1.54) is 19.4 Å². The van der Waals surface area contributed by atoms with E-state index in [0.29, 0.717) is 0 Å². The minimum absolute atomic E-state index is 0.0361. The average Bonchev–Trinajstić information content (AvgIpc) is 2.43. The van der Waals surface area contributed by atoms with Crippen LogP contribution in [0.25, 0.3) is 0 Å². The van der Waals surface area contributed by atoms with Gasteiger partial charge in [-0.2, -0.15) is 0 Å². The van der Waals surface area contributed by atoms with E-state index in [1.54, 1.807) is 7.11 Å². The Bertz CT molecular complexity index is 491. The summed E-state index contributed by atoms with van der Waals surface area (Å²) in [5.74, 6) is 0.704. The van der Waals surface area contributed by atoms with E-state index < -0.39 is 8.32 Å². The van der Waals surface area contributed by atoms with Gasteiger partial charge < -0.3 is 13.9 Å². The molecule has 1 unspecified atom stereocenters. The van der Waals surface area contributed by atoms with Crippen LogP contribution < -0.4 is 4.74 Å². The fourth-order valence-electron chi connectivity index (χ4n) is 1.97. The van der Waals surface area contributed by atoms with Gasteiger partial charge in [-0.15, -0.1) is 0 Å². The number of carbonyl (C=O) groups is 1. The molecular formula is C16H24O4Si. The van der Waals surface area contributed by atoms with Gasteiger partial charge in [0, 0.05) is 18.1 Å². The second-order valence-corrected chi connectivity index (χ2v) is 10.1. The maximum absolute atomic E-state index is 12.0. The minimum Gasteiger partial charge on any atom is -0.504 e. The zero-order valence-corrected chi connectivity index (χ0v) is 14.4. The number of ether oxygens (including phenoxy) is 2. The molecule has 0 spiro atoms. The van der Waals surface area contributed by atoms with Crippen LogP contribution in [0.2, 0.25) is 19.6 Å². The lowest BCUT2D eigenvalue weighted by atomic mass is 10.0. The molecule has 0 radical (unpaired) electrons. The molecule has 1 aromatic rings. The van der Waals surface area contributed by atoms with Gasteiger partial charge in [-0.1, -0.05) is 18.2 Å². The Hall–Kier alpha value is -1.59. The number of rotatable bonds is 8. The number of carbonyl (C=O) groups excluding carboxylic acids is 1. The smallest absolute Gasteiger partial charge is 0.184 e. The second kappa shape index (κ2) is 8.00. The third-order valence-electron chi connectivity index (χ3n) is 2.76. The number of hydrogen-bond acceptors (Lipinski definition) is 4. The molecule has 0 saturated carbocycles. The van der Waals surface area contributed by atoms with Crippen LogP contribution >= 0.6 is 0 Å². The maximum Gasteiger partial charge on any atom is 0.184 e. The largest absolute Gasteiger partial charge is 0.504 e. The van der Waals surface area contributed by atoms with Crippen LogP contribution in [0.1, 0.15) is 18.1 Å². The number of benzene rings is 1. The van der Waals surface area contributed by atoms with Gasteiger partial charge >= 0.3 is 0 Å². The zero-order valence-electron chi connectivity index (χ0n) is 13.4. The van der Waals surface area contributed by atoms with E-state index in [0.717, 1.165) is 11.3 Å². The maximum atomic E-state index is 12.0. The summed E-state index contributed by atoms with van der Waals surface area (Å²) in [7, 11) is 1.34. The van der Waals surface area contributed by atoms with Crippen molar-refractivity contribution in [3.63, 3.8) is 0 Å². The summed E-state index contributed by atoms with van der Waals surface area (Å²) in [6.45, 7) is 6.31. The molecule has 1 atom stereocenters. The number of para-hydroxylation sites is 1. The van der Waals surface area contributed by atoms with E-state index in [9.17, 15) is 4.79 Å². The van der Waals surface area contributed by atoms with Gasteiger partial charge in [0.15, 0.2) is 14.1 Å². The summed E-state index contributed by atoms with van der Waals surface area (Å²) in [6.07, 6.45) is 2.78. The summed E-state index contributed by atoms with van der Waals surface area (Å²) >= 11 is 0. The Labute approximate surface area is 127 Å². The summed E-state index contributed by atoms with van der Waals surface area (Å²) in [5, 5.41) is 0. The van der Waals surface area contributed by atoms with Gasteiger partial charge in [0.2, 0.25) is 0 Å². The molecular weight excluding hydrogens is 284 g/mol. The first kappa shape index (κ1) is 17.5. The monoisotopic (exact) mass is 308 g/mol. The number of allylic oxidation sites excluding steroid dienone is 1. The normalized spacial score (nSPS) is 13.2. The van der Waals surface area contributed by atoms with Gasteiger partial charge in [-0.05, 0) is 25.7 Å². The summed E-state index contributed by atoms with van der Waals surface area (Å²) in [5.41, 5.74) is 0.904. The van der Waals surface area contributed by atoms with Crippen molar-refractivity contribution in [3.8, 4) is 5.75 Å². The van der Waals surface area contributed by atoms with Crippen LogP contribution in [-0.4, -0.2) is 28.3 Å². The average molecular weight is 308 g/mol. The predicted octanol–water partition coefficient (Wildman–Crippen LogP) is 3.71. The lowest BCUT2D eigenvalue weighted by molar-refractivity contribution is -0.116. The third-order valence-corrected chi connectivity index (χ3v) is 3.75. The molecule has 0 aromatic heterocycles. The molecule has 0 aliphatic heterocycles. The molecule has 0 amide bonds. The molecule has 0 aliphatic rings. The van der Waals surface area contributed by atoms with Gasteiger partial charge in [0.25, 0.3) is 0 Å². The Kier molecular flexibility index (Phi) is 6.65. The quantitative estimate of drug-likeness (QED) is 0.417. The fraction of sp³-hybridized carbons (Fsp3) is 0.438. The Balaban J connectivity index is 3.02. The highest BCUT2D eigenvalue weighted by molar-refractivity contribution is 6.69. The molecule has 4 nitrogen and oxygen atoms in total. The Morgan fingerprint density at radius 2 is 1.90 bits per heavy atom. The summed E-state index contributed by atoms with van der Waals surface area (Å²) < 4.78 is 16.4. The lowest BCUT2D eigenvalue weighted by Crippen LogP contribution is -2.29. The summed E-state index contributed by atoms with van der Waals surface area (Å²) in [6, 6.07) is 7.65. The topological polar surface area (TPSA) is 44.8 Å². The predicted molar refractivity (Wildman–Crippen MR) is 85.9 cm³/mol. The molecule has 1 rings (SSSR count). The van der Waals surface area contributed by atoms with Crippen molar-refractivity contribution >= 4 is 14.1 Å². The first-order valence-electron chi connectivity index (χ1n) is 6.90. The number of hydrogen-bond donors (Lipinski definition) is 0. The van der Waals surface area contributed by atoms with Gasteiger partial charge in [0.1, 0.15) is 5.75 Å². The van der Waals surface area contributed by atoms with Gasteiger partial charge in [-0.25, -0.2) is 0 Å². The van der Waals surface area contributed by atoms with Crippen LogP contribution in [0.5, 0.6) is 5.75 Å². The molecule has 0 heterocycles. The standard InChI is InChI=1S/C16H24O4Si/c1-18-11-10-13(17)12-16(20-21(3,4)5)14-8-6-7-9-15(14)19-2/h6-11,16H,12H2,1-5H3/b11-10+. The first-order chi connectivity index (χ1) is 9.87. The van der Waals surface area contributed by atoms with Gasteiger partial charge in [-0.3, -0.25) is 4.79 Å².